The molecule has 0 aromatic heterocycles. The van der Waals surface area contributed by atoms with Crippen LogP contribution in [0.25, 0.3) is 0 Å². The van der Waals surface area contributed by atoms with E-state index < -0.39 is 5.97 Å². The second kappa shape index (κ2) is 8.25. The first-order valence-electron chi connectivity index (χ1n) is 13.6. The molecule has 0 aromatic carbocycles. The van der Waals surface area contributed by atoms with E-state index in [1.165, 1.54) is 38.5 Å². The summed E-state index contributed by atoms with van der Waals surface area (Å²) in [6, 6.07) is 0. The molecule has 2 saturated carbocycles. The number of aliphatic hydroxyl groups is 1. The van der Waals surface area contributed by atoms with Gasteiger partial charge in [0.1, 0.15) is 0 Å². The van der Waals surface area contributed by atoms with Crippen molar-refractivity contribution in [2.24, 2.45) is 39.4 Å². The Morgan fingerprint density at radius 3 is 2.39 bits per heavy atom. The average Bonchev–Trinajstić information content (AvgIpc) is 3.02. The van der Waals surface area contributed by atoms with E-state index in [4.69, 9.17) is 5.11 Å². The van der Waals surface area contributed by atoms with E-state index in [-0.39, 0.29) is 16.9 Å². The van der Waals surface area contributed by atoms with Crippen molar-refractivity contribution in [3.05, 3.63) is 22.8 Å². The van der Waals surface area contributed by atoms with Gasteiger partial charge in [0.15, 0.2) is 0 Å². The van der Waals surface area contributed by atoms with Gasteiger partial charge < -0.3 is 10.2 Å². The Bertz CT molecular complexity index is 866. The first-order valence-corrected chi connectivity index (χ1v) is 13.6. The maximum atomic E-state index is 11.1. The predicted octanol–water partition coefficient (Wildman–Crippen LogP) is 7.54. The fourth-order valence-electron chi connectivity index (χ4n) is 9.48. The van der Waals surface area contributed by atoms with E-state index in [2.05, 4.69) is 41.5 Å². The Morgan fingerprint density at radius 1 is 1.03 bits per heavy atom. The van der Waals surface area contributed by atoms with Gasteiger partial charge in [-0.3, -0.25) is 0 Å². The van der Waals surface area contributed by atoms with Crippen LogP contribution in [0.15, 0.2) is 22.8 Å². The highest BCUT2D eigenvalue weighted by Gasteiger charge is 2.63. The average molecular weight is 457 g/mol. The van der Waals surface area contributed by atoms with Crippen LogP contribution in [0.5, 0.6) is 0 Å². The second-order valence-electron chi connectivity index (χ2n) is 13.5. The third-order valence-corrected chi connectivity index (χ3v) is 11.9. The van der Waals surface area contributed by atoms with Crippen LogP contribution >= 0.6 is 0 Å². The van der Waals surface area contributed by atoms with Crippen molar-refractivity contribution in [3.63, 3.8) is 0 Å². The molecule has 2 N–H and O–H groups in total. The summed E-state index contributed by atoms with van der Waals surface area (Å²) in [5.74, 6) is 1.12. The molecule has 0 aliphatic heterocycles. The first-order chi connectivity index (χ1) is 15.3. The lowest BCUT2D eigenvalue weighted by atomic mass is 9.43. The predicted molar refractivity (Wildman–Crippen MR) is 135 cm³/mol. The summed E-state index contributed by atoms with van der Waals surface area (Å²) < 4.78 is 0. The largest absolute Gasteiger partial charge is 0.478 e. The van der Waals surface area contributed by atoms with Crippen molar-refractivity contribution in [1.82, 2.24) is 0 Å². The normalized spacial score (nSPS) is 43.5. The highest BCUT2D eigenvalue weighted by Crippen LogP contribution is 2.72. The smallest absolute Gasteiger partial charge is 0.330 e. The zero-order valence-electron chi connectivity index (χ0n) is 22.3. The van der Waals surface area contributed by atoms with E-state index in [9.17, 15) is 9.90 Å². The molecule has 7 unspecified atom stereocenters. The van der Waals surface area contributed by atoms with Gasteiger partial charge in [-0.15, -0.1) is 0 Å². The Morgan fingerprint density at radius 2 is 1.73 bits per heavy atom. The summed E-state index contributed by atoms with van der Waals surface area (Å²) in [5, 5.41) is 20.0. The van der Waals surface area contributed by atoms with E-state index in [1.54, 1.807) is 18.1 Å². The standard InChI is InChI=1S/C30H48O3/c1-19(9-8-10-20(2)26(32)33)21-13-17-30(7)23-11-12-24-27(3,4)25(31)15-16-28(24,5)22(23)14-18-29(21,30)6/h10,19,21,24-25,31H,8-9,11-18H2,1-7H3,(H,32,33)/b20-10+. The molecule has 0 bridgehead atoms. The molecule has 3 heteroatoms. The number of aliphatic hydroxyl groups excluding tert-OH is 1. The highest BCUT2D eigenvalue weighted by molar-refractivity contribution is 5.85. The molecule has 2 fully saturated rings. The van der Waals surface area contributed by atoms with Crippen LogP contribution < -0.4 is 0 Å². The summed E-state index contributed by atoms with van der Waals surface area (Å²) in [4.78, 5) is 11.1. The molecule has 0 amide bonds. The number of rotatable bonds is 5. The summed E-state index contributed by atoms with van der Waals surface area (Å²) in [7, 11) is 0. The molecular weight excluding hydrogens is 408 g/mol. The van der Waals surface area contributed by atoms with Crippen molar-refractivity contribution in [1.29, 1.82) is 0 Å². The zero-order chi connectivity index (χ0) is 24.4. The number of carboxylic acids is 1. The Balaban J connectivity index is 1.60. The summed E-state index contributed by atoms with van der Waals surface area (Å²) in [6.07, 6.45) is 13.3. The van der Waals surface area contributed by atoms with Crippen molar-refractivity contribution >= 4 is 5.97 Å². The lowest BCUT2D eigenvalue weighted by Gasteiger charge is -2.62. The minimum Gasteiger partial charge on any atom is -0.478 e. The Hall–Kier alpha value is -1.09. The van der Waals surface area contributed by atoms with Gasteiger partial charge in [0.05, 0.1) is 6.10 Å². The monoisotopic (exact) mass is 456 g/mol. The molecule has 7 atom stereocenters. The van der Waals surface area contributed by atoms with Crippen molar-refractivity contribution in [2.45, 2.75) is 119 Å². The molecule has 0 aromatic rings. The molecule has 4 aliphatic carbocycles. The van der Waals surface area contributed by atoms with Crippen LogP contribution in [-0.4, -0.2) is 22.3 Å². The lowest BCUT2D eigenvalue weighted by Crippen LogP contribution is -2.55. The van der Waals surface area contributed by atoms with Crippen LogP contribution in [0, 0.1) is 39.4 Å². The number of hydrogen-bond donors (Lipinski definition) is 2. The topological polar surface area (TPSA) is 57.5 Å². The van der Waals surface area contributed by atoms with E-state index in [1.807, 2.05) is 6.08 Å². The van der Waals surface area contributed by atoms with Crippen LogP contribution in [0.4, 0.5) is 0 Å². The van der Waals surface area contributed by atoms with Gasteiger partial charge in [0.25, 0.3) is 0 Å². The van der Waals surface area contributed by atoms with Gasteiger partial charge in [-0.1, -0.05) is 58.8 Å². The number of allylic oxidation sites excluding steroid dienone is 3. The minimum absolute atomic E-state index is 0.00150. The number of hydrogen-bond acceptors (Lipinski definition) is 2. The van der Waals surface area contributed by atoms with Crippen LogP contribution in [-0.2, 0) is 4.79 Å². The first kappa shape index (κ1) is 25.0. The van der Waals surface area contributed by atoms with Gasteiger partial charge >= 0.3 is 5.97 Å². The third-order valence-electron chi connectivity index (χ3n) is 11.9. The molecule has 0 heterocycles. The molecule has 186 valence electrons. The van der Waals surface area contributed by atoms with Gasteiger partial charge in [-0.2, -0.15) is 0 Å². The number of fused-ring (bicyclic) bond motifs is 4. The highest BCUT2D eigenvalue weighted by atomic mass is 16.4. The summed E-state index contributed by atoms with van der Waals surface area (Å²) in [5.41, 5.74) is 4.95. The zero-order valence-corrected chi connectivity index (χ0v) is 22.3. The summed E-state index contributed by atoms with van der Waals surface area (Å²) in [6.45, 7) is 16.5. The molecule has 0 spiro atoms. The molecule has 33 heavy (non-hydrogen) atoms. The van der Waals surface area contributed by atoms with Crippen LogP contribution in [0.2, 0.25) is 0 Å². The maximum absolute atomic E-state index is 11.1. The Labute approximate surface area is 202 Å². The SMILES string of the molecule is C/C(=C\CCC(C)C1CCC2(C)C3=C(CCC12C)C1(C)CCC(O)C(C)(C)C1CC3)C(=O)O. The fraction of sp³-hybridized carbons (Fsp3) is 0.833. The molecule has 0 saturated heterocycles. The lowest BCUT2D eigenvalue weighted by molar-refractivity contribution is -0.132. The molecular formula is C30H48O3. The van der Waals surface area contributed by atoms with Crippen LogP contribution in [0.1, 0.15) is 113 Å². The van der Waals surface area contributed by atoms with E-state index in [0.717, 1.165) is 25.7 Å². The van der Waals surface area contributed by atoms with Crippen LogP contribution in [0.3, 0.4) is 0 Å². The molecule has 4 rings (SSSR count). The third kappa shape index (κ3) is 3.58. The van der Waals surface area contributed by atoms with Crippen molar-refractivity contribution < 1.29 is 15.0 Å². The maximum Gasteiger partial charge on any atom is 0.330 e. The number of carboxylic acid groups (broad SMARTS) is 1. The summed E-state index contributed by atoms with van der Waals surface area (Å²) >= 11 is 0. The van der Waals surface area contributed by atoms with Crippen molar-refractivity contribution in [3.8, 4) is 0 Å². The fourth-order valence-corrected chi connectivity index (χ4v) is 9.48. The molecule has 4 aliphatic rings. The van der Waals surface area contributed by atoms with E-state index >= 15 is 0 Å². The van der Waals surface area contributed by atoms with Gasteiger partial charge in [0, 0.05) is 5.57 Å². The molecule has 3 nitrogen and oxygen atoms in total. The quantitative estimate of drug-likeness (QED) is 0.332. The van der Waals surface area contributed by atoms with E-state index in [0.29, 0.717) is 34.2 Å². The number of carbonyl (C=O) groups is 1. The van der Waals surface area contributed by atoms with Gasteiger partial charge in [-0.25, -0.2) is 4.79 Å². The minimum atomic E-state index is -0.794. The van der Waals surface area contributed by atoms with Gasteiger partial charge in [0.2, 0.25) is 0 Å². The molecule has 0 radical (unpaired) electrons. The second-order valence-corrected chi connectivity index (χ2v) is 13.5. The van der Waals surface area contributed by atoms with Crippen molar-refractivity contribution in [2.75, 3.05) is 0 Å². The van der Waals surface area contributed by atoms with Gasteiger partial charge in [-0.05, 0) is 111 Å². The Kier molecular flexibility index (Phi) is 6.25. The number of aliphatic carboxylic acids is 1.